The lowest BCUT2D eigenvalue weighted by molar-refractivity contribution is 0.652. The largest absolute Gasteiger partial charge is 0.278 e. The van der Waals surface area contributed by atoms with Crippen molar-refractivity contribution in [3.63, 3.8) is 0 Å². The van der Waals surface area contributed by atoms with Gasteiger partial charge in [0, 0.05) is 21.8 Å². The molecule has 0 radical (unpaired) electrons. The highest BCUT2D eigenvalue weighted by Crippen LogP contribution is 2.53. The molecule has 204 valence electrons. The SMILES string of the molecule is C/C=C\c1c(C)c2c3ccccc3ccc2n1-c1nc(-c2cccc3c2C(C)(C)C2=C3CCC=C2)c2ccccc2n1. The van der Waals surface area contributed by atoms with E-state index in [-0.39, 0.29) is 5.41 Å². The fraction of sp³-hybridized carbons (Fsp3) is 0.179. The molecule has 0 fully saturated rings. The van der Waals surface area contributed by atoms with Gasteiger partial charge in [0.2, 0.25) is 5.95 Å². The average molecular weight is 544 g/mol. The molecule has 3 nitrogen and oxygen atoms in total. The van der Waals surface area contributed by atoms with Crippen molar-refractivity contribution in [2.75, 3.05) is 0 Å². The number of fused-ring (bicyclic) bond motifs is 6. The summed E-state index contributed by atoms with van der Waals surface area (Å²) in [7, 11) is 0. The van der Waals surface area contributed by atoms with Crippen molar-refractivity contribution in [1.29, 1.82) is 0 Å². The normalized spacial score (nSPS) is 15.8. The van der Waals surface area contributed by atoms with E-state index < -0.39 is 0 Å². The van der Waals surface area contributed by atoms with Crippen LogP contribution < -0.4 is 0 Å². The van der Waals surface area contributed by atoms with Crippen LogP contribution in [0.2, 0.25) is 0 Å². The lowest BCUT2D eigenvalue weighted by Crippen LogP contribution is -2.18. The summed E-state index contributed by atoms with van der Waals surface area (Å²) in [5.41, 5.74) is 12.2. The highest BCUT2D eigenvalue weighted by molar-refractivity contribution is 6.10. The summed E-state index contributed by atoms with van der Waals surface area (Å²) in [6, 6.07) is 28.3. The molecule has 0 bridgehead atoms. The molecule has 0 saturated heterocycles. The number of aryl methyl sites for hydroxylation is 1. The van der Waals surface area contributed by atoms with Gasteiger partial charge >= 0.3 is 0 Å². The molecule has 3 heteroatoms. The minimum absolute atomic E-state index is 0.101. The van der Waals surface area contributed by atoms with Crippen LogP contribution in [0, 0.1) is 6.92 Å². The van der Waals surface area contributed by atoms with Gasteiger partial charge < -0.3 is 0 Å². The number of rotatable bonds is 3. The van der Waals surface area contributed by atoms with E-state index >= 15 is 0 Å². The zero-order valence-electron chi connectivity index (χ0n) is 24.6. The first-order valence-electron chi connectivity index (χ1n) is 15.0. The Kier molecular flexibility index (Phi) is 5.43. The fourth-order valence-electron chi connectivity index (χ4n) is 7.55. The van der Waals surface area contributed by atoms with Crippen molar-refractivity contribution in [2.45, 2.75) is 46.0 Å². The topological polar surface area (TPSA) is 30.7 Å². The fourth-order valence-corrected chi connectivity index (χ4v) is 7.55. The number of hydrogen-bond donors (Lipinski definition) is 0. The molecule has 8 rings (SSSR count). The maximum Gasteiger partial charge on any atom is 0.235 e. The molecule has 0 spiro atoms. The summed E-state index contributed by atoms with van der Waals surface area (Å²) in [6.45, 7) is 9.04. The molecule has 2 aliphatic rings. The monoisotopic (exact) mass is 543 g/mol. The van der Waals surface area contributed by atoms with Crippen molar-refractivity contribution >= 4 is 44.2 Å². The van der Waals surface area contributed by atoms with E-state index in [1.54, 1.807) is 0 Å². The summed E-state index contributed by atoms with van der Waals surface area (Å²) in [6.07, 6.45) is 11.2. The van der Waals surface area contributed by atoms with Gasteiger partial charge in [0.25, 0.3) is 0 Å². The molecule has 2 aliphatic carbocycles. The molecular weight excluding hydrogens is 510 g/mol. The minimum atomic E-state index is -0.101. The molecule has 2 heterocycles. The standard InChI is InChI=1S/C39H33N3/c1-5-13-33-24(2)35-26-15-7-6-14-25(26)22-23-34(35)42(33)38-40-32-21-11-9-17-29(32)37(41-38)30-19-12-18-28-27-16-8-10-20-31(27)39(3,4)36(28)30/h5-7,9-15,17-23H,8,16H2,1-4H3/b13-5-. The number of aromatic nitrogens is 3. The van der Waals surface area contributed by atoms with Crippen LogP contribution >= 0.6 is 0 Å². The zero-order valence-corrected chi connectivity index (χ0v) is 24.6. The van der Waals surface area contributed by atoms with Crippen LogP contribution in [-0.4, -0.2) is 14.5 Å². The molecule has 4 aromatic carbocycles. The summed E-state index contributed by atoms with van der Waals surface area (Å²) in [5.74, 6) is 0.705. The summed E-state index contributed by atoms with van der Waals surface area (Å²) in [5, 5.41) is 4.83. The van der Waals surface area contributed by atoms with Gasteiger partial charge in [-0.25, -0.2) is 9.97 Å². The van der Waals surface area contributed by atoms with E-state index in [0.29, 0.717) is 5.95 Å². The van der Waals surface area contributed by atoms with Crippen molar-refractivity contribution in [2.24, 2.45) is 0 Å². The van der Waals surface area contributed by atoms with Crippen molar-refractivity contribution < 1.29 is 0 Å². The minimum Gasteiger partial charge on any atom is -0.278 e. The van der Waals surface area contributed by atoms with Crippen LogP contribution in [0.1, 0.15) is 56.0 Å². The van der Waals surface area contributed by atoms with Gasteiger partial charge in [0.1, 0.15) is 0 Å². The Bertz CT molecular complexity index is 2190. The Hall–Kier alpha value is -4.76. The molecule has 0 aliphatic heterocycles. The van der Waals surface area contributed by atoms with E-state index in [0.717, 1.165) is 40.6 Å². The van der Waals surface area contributed by atoms with Gasteiger partial charge in [-0.05, 0) is 83.5 Å². The van der Waals surface area contributed by atoms with Crippen molar-refractivity contribution in [1.82, 2.24) is 14.5 Å². The molecule has 0 saturated carbocycles. The Labute approximate surface area is 246 Å². The summed E-state index contributed by atoms with van der Waals surface area (Å²) in [4.78, 5) is 10.7. The van der Waals surface area contributed by atoms with Crippen LogP contribution in [0.15, 0.2) is 103 Å². The lowest BCUT2D eigenvalue weighted by Gasteiger charge is -2.26. The highest BCUT2D eigenvalue weighted by atomic mass is 15.2. The third-order valence-corrected chi connectivity index (χ3v) is 9.38. The number of allylic oxidation sites excluding steroid dienone is 5. The van der Waals surface area contributed by atoms with E-state index in [1.807, 2.05) is 0 Å². The molecule has 0 unspecified atom stereocenters. The molecule has 2 aromatic heterocycles. The van der Waals surface area contributed by atoms with E-state index in [1.165, 1.54) is 49.6 Å². The number of para-hydroxylation sites is 1. The summed E-state index contributed by atoms with van der Waals surface area (Å²) >= 11 is 0. The van der Waals surface area contributed by atoms with Gasteiger partial charge in [-0.2, -0.15) is 0 Å². The van der Waals surface area contributed by atoms with Gasteiger partial charge in [0.15, 0.2) is 0 Å². The first kappa shape index (κ1) is 25.0. The summed E-state index contributed by atoms with van der Waals surface area (Å²) < 4.78 is 2.26. The van der Waals surface area contributed by atoms with Crippen molar-refractivity contribution in [3.8, 4) is 17.2 Å². The van der Waals surface area contributed by atoms with E-state index in [4.69, 9.17) is 9.97 Å². The predicted molar refractivity (Wildman–Crippen MR) is 177 cm³/mol. The average Bonchev–Trinajstić information content (AvgIpc) is 3.44. The van der Waals surface area contributed by atoms with Gasteiger partial charge in [-0.3, -0.25) is 4.57 Å². The quantitative estimate of drug-likeness (QED) is 0.222. The second-order valence-electron chi connectivity index (χ2n) is 12.1. The molecule has 0 atom stereocenters. The number of nitrogens with zero attached hydrogens (tertiary/aromatic N) is 3. The smallest absolute Gasteiger partial charge is 0.235 e. The molecule has 0 amide bonds. The molecular formula is C39H33N3. The Morgan fingerprint density at radius 3 is 2.48 bits per heavy atom. The second kappa shape index (κ2) is 9.12. The Morgan fingerprint density at radius 1 is 0.833 bits per heavy atom. The van der Waals surface area contributed by atoms with Crippen LogP contribution in [0.4, 0.5) is 0 Å². The predicted octanol–water partition coefficient (Wildman–Crippen LogP) is 10.1. The van der Waals surface area contributed by atoms with E-state index in [2.05, 4.69) is 135 Å². The third kappa shape index (κ3) is 3.40. The van der Waals surface area contributed by atoms with Gasteiger partial charge in [-0.15, -0.1) is 0 Å². The van der Waals surface area contributed by atoms with Crippen LogP contribution in [0.5, 0.6) is 0 Å². The Balaban J connectivity index is 1.46. The molecule has 0 N–H and O–H groups in total. The molecule has 42 heavy (non-hydrogen) atoms. The van der Waals surface area contributed by atoms with Crippen LogP contribution in [0.3, 0.4) is 0 Å². The lowest BCUT2D eigenvalue weighted by atomic mass is 9.77. The first-order valence-corrected chi connectivity index (χ1v) is 15.0. The van der Waals surface area contributed by atoms with Gasteiger partial charge in [-0.1, -0.05) is 98.8 Å². The third-order valence-electron chi connectivity index (χ3n) is 9.38. The van der Waals surface area contributed by atoms with Crippen LogP contribution in [-0.2, 0) is 5.41 Å². The van der Waals surface area contributed by atoms with Crippen LogP contribution in [0.25, 0.3) is 61.4 Å². The van der Waals surface area contributed by atoms with Gasteiger partial charge in [0.05, 0.1) is 22.4 Å². The second-order valence-corrected chi connectivity index (χ2v) is 12.1. The van der Waals surface area contributed by atoms with E-state index in [9.17, 15) is 0 Å². The highest BCUT2D eigenvalue weighted by Gasteiger charge is 2.39. The number of hydrogen-bond acceptors (Lipinski definition) is 2. The number of benzene rings is 4. The molecule has 6 aromatic rings. The first-order chi connectivity index (χ1) is 20.5. The zero-order chi connectivity index (χ0) is 28.6. The van der Waals surface area contributed by atoms with Crippen molar-refractivity contribution in [3.05, 3.63) is 125 Å². The maximum absolute atomic E-state index is 5.47. The maximum atomic E-state index is 5.47. The Morgan fingerprint density at radius 2 is 1.62 bits per heavy atom.